The number of para-hydroxylation sites is 1. The van der Waals surface area contributed by atoms with Gasteiger partial charge >= 0.3 is 0 Å². The molecule has 0 aliphatic heterocycles. The standard InChI is InChI=1S/C26H19FN8O/c27-20-7-4-8-21-23(20)26(36)35(18-5-2-1-3-6-18)22(34-21)11-12-31-25-19(24(28)32-16-33-25)10-9-17-15-29-13-14-30-17/h1-8,13-16H,11-12H2,(H3,28,31,32,33). The molecule has 0 amide bonds. The number of rotatable bonds is 5. The number of hydrogen-bond donors (Lipinski definition) is 2. The lowest BCUT2D eigenvalue weighted by Crippen LogP contribution is -2.26. The predicted octanol–water partition coefficient (Wildman–Crippen LogP) is 2.74. The van der Waals surface area contributed by atoms with Gasteiger partial charge in [0, 0.05) is 25.4 Å². The maximum absolute atomic E-state index is 14.5. The summed E-state index contributed by atoms with van der Waals surface area (Å²) in [7, 11) is 0. The Morgan fingerprint density at radius 2 is 1.86 bits per heavy atom. The third kappa shape index (κ3) is 4.58. The monoisotopic (exact) mass is 478 g/mol. The van der Waals surface area contributed by atoms with Crippen LogP contribution in [0.15, 0.2) is 78.2 Å². The van der Waals surface area contributed by atoms with Crippen molar-refractivity contribution in [1.82, 2.24) is 29.5 Å². The van der Waals surface area contributed by atoms with Gasteiger partial charge in [-0.25, -0.2) is 24.3 Å². The number of nitrogens with two attached hydrogens (primary N) is 1. The molecule has 0 bridgehead atoms. The SMILES string of the molecule is Nc1ncnc(NCCc2nc3cccc(F)c3c(=O)n2-c2ccccc2)c1C#Cc1cnccn1. The molecule has 36 heavy (non-hydrogen) atoms. The summed E-state index contributed by atoms with van der Waals surface area (Å²) < 4.78 is 15.9. The lowest BCUT2D eigenvalue weighted by molar-refractivity contribution is 0.636. The topological polar surface area (TPSA) is 124 Å². The average molecular weight is 478 g/mol. The van der Waals surface area contributed by atoms with Gasteiger partial charge in [-0.1, -0.05) is 30.2 Å². The number of benzene rings is 2. The molecule has 176 valence electrons. The Morgan fingerprint density at radius 1 is 1.00 bits per heavy atom. The van der Waals surface area contributed by atoms with Crippen molar-refractivity contribution in [3.8, 4) is 17.5 Å². The van der Waals surface area contributed by atoms with Gasteiger partial charge < -0.3 is 11.1 Å². The number of anilines is 2. The minimum Gasteiger partial charge on any atom is -0.382 e. The van der Waals surface area contributed by atoms with Gasteiger partial charge in [-0.2, -0.15) is 0 Å². The highest BCUT2D eigenvalue weighted by molar-refractivity contribution is 5.78. The lowest BCUT2D eigenvalue weighted by atomic mass is 10.2. The third-order valence-corrected chi connectivity index (χ3v) is 5.33. The molecule has 5 aromatic rings. The summed E-state index contributed by atoms with van der Waals surface area (Å²) in [5.41, 5.74) is 7.35. The van der Waals surface area contributed by atoms with Gasteiger partial charge in [-0.05, 0) is 30.2 Å². The zero-order valence-electron chi connectivity index (χ0n) is 18.9. The Bertz CT molecular complexity index is 1660. The second-order valence-corrected chi connectivity index (χ2v) is 7.64. The van der Waals surface area contributed by atoms with Gasteiger partial charge in [0.05, 0.1) is 17.4 Å². The fourth-order valence-electron chi connectivity index (χ4n) is 3.69. The number of halogens is 1. The zero-order chi connectivity index (χ0) is 24.9. The van der Waals surface area contributed by atoms with E-state index in [4.69, 9.17) is 5.73 Å². The van der Waals surface area contributed by atoms with E-state index in [-0.39, 0.29) is 11.2 Å². The summed E-state index contributed by atoms with van der Waals surface area (Å²) in [6, 6.07) is 13.4. The maximum Gasteiger partial charge on any atom is 0.268 e. The molecular formula is C26H19FN8O. The van der Waals surface area contributed by atoms with Crippen molar-refractivity contribution in [1.29, 1.82) is 0 Å². The Kier molecular flexibility index (Phi) is 6.27. The molecule has 0 saturated heterocycles. The molecule has 3 heterocycles. The normalized spacial score (nSPS) is 10.6. The number of fused-ring (bicyclic) bond motifs is 1. The summed E-state index contributed by atoms with van der Waals surface area (Å²) >= 11 is 0. The number of hydrogen-bond acceptors (Lipinski definition) is 8. The number of nitrogens with one attached hydrogen (secondary N) is 1. The molecule has 0 fully saturated rings. The molecule has 0 aliphatic carbocycles. The maximum atomic E-state index is 14.5. The largest absolute Gasteiger partial charge is 0.382 e. The molecule has 3 aromatic heterocycles. The number of nitrogens with zero attached hydrogens (tertiary/aromatic N) is 6. The van der Waals surface area contributed by atoms with E-state index in [0.29, 0.717) is 47.1 Å². The van der Waals surface area contributed by atoms with Crippen LogP contribution in [0.1, 0.15) is 17.1 Å². The van der Waals surface area contributed by atoms with Crippen molar-refractivity contribution >= 4 is 22.5 Å². The molecule has 0 saturated carbocycles. The van der Waals surface area contributed by atoms with Crippen LogP contribution in [0.25, 0.3) is 16.6 Å². The first kappa shape index (κ1) is 22.6. The summed E-state index contributed by atoms with van der Waals surface area (Å²) in [6.45, 7) is 0.344. The molecule has 0 radical (unpaired) electrons. The van der Waals surface area contributed by atoms with Crippen LogP contribution in [0.4, 0.5) is 16.0 Å². The molecule has 9 nitrogen and oxygen atoms in total. The minimum atomic E-state index is -0.609. The zero-order valence-corrected chi connectivity index (χ0v) is 18.9. The van der Waals surface area contributed by atoms with E-state index in [9.17, 15) is 9.18 Å². The van der Waals surface area contributed by atoms with Gasteiger partial charge in [-0.15, -0.1) is 0 Å². The number of aromatic nitrogens is 6. The molecule has 0 spiro atoms. The van der Waals surface area contributed by atoms with E-state index < -0.39 is 11.4 Å². The Hall–Kier alpha value is -5.17. The molecule has 3 N–H and O–H groups in total. The van der Waals surface area contributed by atoms with Gasteiger partial charge in [-0.3, -0.25) is 14.3 Å². The van der Waals surface area contributed by atoms with Gasteiger partial charge in [0.2, 0.25) is 0 Å². The first-order valence-corrected chi connectivity index (χ1v) is 11.0. The van der Waals surface area contributed by atoms with Crippen LogP contribution < -0.4 is 16.6 Å². The fraction of sp³-hybridized carbons (Fsp3) is 0.0769. The van der Waals surface area contributed by atoms with Crippen LogP contribution in [-0.4, -0.2) is 36.0 Å². The number of nitrogen functional groups attached to an aromatic ring is 1. The van der Waals surface area contributed by atoms with Crippen molar-refractivity contribution in [2.75, 3.05) is 17.6 Å². The van der Waals surface area contributed by atoms with Gasteiger partial charge in [0.15, 0.2) is 0 Å². The fourth-order valence-corrected chi connectivity index (χ4v) is 3.69. The van der Waals surface area contributed by atoms with E-state index in [1.807, 2.05) is 6.07 Å². The first-order chi connectivity index (χ1) is 17.6. The van der Waals surface area contributed by atoms with Crippen molar-refractivity contribution in [2.45, 2.75) is 6.42 Å². The van der Waals surface area contributed by atoms with E-state index in [1.165, 1.54) is 29.2 Å². The van der Waals surface area contributed by atoms with Crippen LogP contribution in [0.3, 0.4) is 0 Å². The van der Waals surface area contributed by atoms with Crippen LogP contribution in [-0.2, 0) is 6.42 Å². The molecular weight excluding hydrogens is 459 g/mol. The van der Waals surface area contributed by atoms with E-state index in [2.05, 4.69) is 42.1 Å². The lowest BCUT2D eigenvalue weighted by Gasteiger charge is -2.15. The second kappa shape index (κ2) is 9.99. The van der Waals surface area contributed by atoms with Crippen molar-refractivity contribution in [3.63, 3.8) is 0 Å². The van der Waals surface area contributed by atoms with Crippen LogP contribution >= 0.6 is 0 Å². The van der Waals surface area contributed by atoms with Gasteiger partial charge in [0.1, 0.15) is 46.2 Å². The quantitative estimate of drug-likeness (QED) is 0.370. The van der Waals surface area contributed by atoms with E-state index in [0.717, 1.165) is 0 Å². The molecule has 5 rings (SSSR count). The minimum absolute atomic E-state index is 0.0526. The summed E-state index contributed by atoms with van der Waals surface area (Å²) in [6.07, 6.45) is 6.31. The predicted molar refractivity (Wildman–Crippen MR) is 134 cm³/mol. The van der Waals surface area contributed by atoms with Crippen molar-refractivity contribution in [2.24, 2.45) is 0 Å². The van der Waals surface area contributed by atoms with Gasteiger partial charge in [0.25, 0.3) is 5.56 Å². The molecule has 10 heteroatoms. The second-order valence-electron chi connectivity index (χ2n) is 7.64. The highest BCUT2D eigenvalue weighted by Gasteiger charge is 2.16. The molecule has 0 atom stereocenters. The van der Waals surface area contributed by atoms with Crippen molar-refractivity contribution in [3.05, 3.63) is 107 Å². The van der Waals surface area contributed by atoms with Crippen LogP contribution in [0, 0.1) is 17.7 Å². The van der Waals surface area contributed by atoms with E-state index in [1.54, 1.807) is 42.7 Å². The first-order valence-electron chi connectivity index (χ1n) is 11.0. The highest BCUT2D eigenvalue weighted by Crippen LogP contribution is 2.18. The molecule has 2 aromatic carbocycles. The third-order valence-electron chi connectivity index (χ3n) is 5.33. The summed E-state index contributed by atoms with van der Waals surface area (Å²) in [5, 5.41) is 3.14. The Balaban J connectivity index is 1.47. The van der Waals surface area contributed by atoms with E-state index >= 15 is 0 Å². The summed E-state index contributed by atoms with van der Waals surface area (Å²) in [5.74, 6) is 6.34. The smallest absolute Gasteiger partial charge is 0.268 e. The average Bonchev–Trinajstić information content (AvgIpc) is 2.89. The molecule has 0 aliphatic rings. The van der Waals surface area contributed by atoms with Crippen LogP contribution in [0.2, 0.25) is 0 Å². The highest BCUT2D eigenvalue weighted by atomic mass is 19.1. The van der Waals surface area contributed by atoms with Crippen LogP contribution in [0.5, 0.6) is 0 Å². The van der Waals surface area contributed by atoms with Crippen molar-refractivity contribution < 1.29 is 4.39 Å². The Labute approximate surface area is 204 Å². The summed E-state index contributed by atoms with van der Waals surface area (Å²) in [4.78, 5) is 34.3. The Morgan fingerprint density at radius 3 is 2.67 bits per heavy atom. The molecule has 0 unspecified atom stereocenters.